The van der Waals surface area contributed by atoms with Gasteiger partial charge in [-0.15, -0.1) is 11.3 Å². The predicted molar refractivity (Wildman–Crippen MR) is 104 cm³/mol. The second-order valence-electron chi connectivity index (χ2n) is 5.54. The largest absolute Gasteiger partial charge is 0.321 e. The van der Waals surface area contributed by atoms with Gasteiger partial charge in [-0.3, -0.25) is 9.69 Å². The minimum absolute atomic E-state index is 0.0460. The maximum atomic E-state index is 12.3. The molecule has 0 spiro atoms. The first-order valence-corrected chi connectivity index (χ1v) is 10.3. The van der Waals surface area contributed by atoms with Gasteiger partial charge < -0.3 is 5.32 Å². The van der Waals surface area contributed by atoms with Gasteiger partial charge in [-0.05, 0) is 52.2 Å². The molecule has 1 aliphatic rings. The number of rotatable bonds is 4. The minimum atomic E-state index is -0.0460. The summed E-state index contributed by atoms with van der Waals surface area (Å²) < 4.78 is 0.969. The van der Waals surface area contributed by atoms with Crippen LogP contribution < -0.4 is 5.32 Å². The number of thioether (sulfide) groups is 1. The lowest BCUT2D eigenvalue weighted by Gasteiger charge is -2.27. The minimum Gasteiger partial charge on any atom is -0.321 e. The number of anilines is 1. The third-order valence-corrected chi connectivity index (χ3v) is 6.55. The zero-order chi connectivity index (χ0) is 16.2. The number of hydrogen-bond acceptors (Lipinski definition) is 4. The lowest BCUT2D eigenvalue weighted by Crippen LogP contribution is -2.32. The first-order chi connectivity index (χ1) is 11.1. The van der Waals surface area contributed by atoms with Crippen LogP contribution in [0.4, 0.5) is 5.69 Å². The highest BCUT2D eigenvalue weighted by atomic mass is 79.9. The predicted octanol–water partition coefficient (Wildman–Crippen LogP) is 4.62. The molecule has 0 saturated carbocycles. The molecule has 0 aliphatic carbocycles. The molecule has 3 nitrogen and oxygen atoms in total. The van der Waals surface area contributed by atoms with Crippen LogP contribution in [-0.2, 0) is 6.54 Å². The number of hydrogen-bond donors (Lipinski definition) is 1. The van der Waals surface area contributed by atoms with Crippen LogP contribution in [0.25, 0.3) is 0 Å². The molecule has 2 heterocycles. The molecule has 1 amide bonds. The van der Waals surface area contributed by atoms with Crippen molar-refractivity contribution in [3.63, 3.8) is 0 Å². The highest BCUT2D eigenvalue weighted by Crippen LogP contribution is 2.25. The van der Waals surface area contributed by atoms with E-state index in [0.29, 0.717) is 0 Å². The summed E-state index contributed by atoms with van der Waals surface area (Å²) >= 11 is 6.87. The molecule has 1 N–H and O–H groups in total. The van der Waals surface area contributed by atoms with Crippen molar-refractivity contribution in [3.05, 3.63) is 50.1 Å². The molecule has 23 heavy (non-hydrogen) atoms. The fraction of sp³-hybridized carbons (Fsp3) is 0.353. The summed E-state index contributed by atoms with van der Waals surface area (Å²) in [5.74, 6) is 2.38. The second-order valence-corrected chi connectivity index (χ2v) is 9.22. The molecule has 0 radical (unpaired) electrons. The van der Waals surface area contributed by atoms with Crippen LogP contribution in [0.15, 0.2) is 34.1 Å². The van der Waals surface area contributed by atoms with E-state index in [9.17, 15) is 4.79 Å². The van der Waals surface area contributed by atoms with Gasteiger partial charge in [0.25, 0.3) is 5.91 Å². The smallest absolute Gasteiger partial charge is 0.265 e. The number of carbonyl (C=O) groups is 1. The molecule has 6 heteroatoms. The molecular formula is C17H19BrN2OS2. The molecular weight excluding hydrogens is 392 g/mol. The second kappa shape index (κ2) is 7.83. The Bertz CT molecular complexity index is 696. The summed E-state index contributed by atoms with van der Waals surface area (Å²) in [6.45, 7) is 5.34. The Labute approximate surface area is 153 Å². The van der Waals surface area contributed by atoms with E-state index in [-0.39, 0.29) is 5.91 Å². The van der Waals surface area contributed by atoms with Crippen LogP contribution in [0.1, 0.15) is 20.8 Å². The van der Waals surface area contributed by atoms with Crippen molar-refractivity contribution < 1.29 is 4.79 Å². The number of thiophene rings is 1. The summed E-state index contributed by atoms with van der Waals surface area (Å²) in [5, 5.41) is 3.05. The highest BCUT2D eigenvalue weighted by Gasteiger charge is 2.15. The van der Waals surface area contributed by atoms with Gasteiger partial charge in [0, 0.05) is 36.8 Å². The molecule has 2 aromatic rings. The SMILES string of the molecule is Cc1c(CN2CCSCC2)cccc1NC(=O)c1ccc(Br)s1. The van der Waals surface area contributed by atoms with Crippen LogP contribution in [0.2, 0.25) is 0 Å². The third-order valence-electron chi connectivity index (χ3n) is 3.99. The van der Waals surface area contributed by atoms with E-state index < -0.39 is 0 Å². The van der Waals surface area contributed by atoms with Crippen molar-refractivity contribution >= 4 is 50.6 Å². The Morgan fingerprint density at radius 3 is 2.74 bits per heavy atom. The average Bonchev–Trinajstić information content (AvgIpc) is 2.99. The molecule has 0 unspecified atom stereocenters. The van der Waals surface area contributed by atoms with E-state index in [1.165, 1.54) is 28.4 Å². The van der Waals surface area contributed by atoms with E-state index in [0.717, 1.165) is 39.5 Å². The monoisotopic (exact) mass is 410 g/mol. The number of halogens is 1. The maximum absolute atomic E-state index is 12.3. The Morgan fingerprint density at radius 1 is 1.26 bits per heavy atom. The van der Waals surface area contributed by atoms with Crippen molar-refractivity contribution in [2.24, 2.45) is 0 Å². The van der Waals surface area contributed by atoms with Crippen molar-refractivity contribution in [3.8, 4) is 0 Å². The zero-order valence-corrected chi connectivity index (χ0v) is 16.2. The van der Waals surface area contributed by atoms with Gasteiger partial charge in [-0.1, -0.05) is 12.1 Å². The van der Waals surface area contributed by atoms with Crippen molar-refractivity contribution in [2.75, 3.05) is 29.9 Å². The van der Waals surface area contributed by atoms with Crippen molar-refractivity contribution in [2.45, 2.75) is 13.5 Å². The molecule has 1 aromatic heterocycles. The number of amides is 1. The van der Waals surface area contributed by atoms with E-state index in [4.69, 9.17) is 0 Å². The molecule has 1 fully saturated rings. The summed E-state index contributed by atoms with van der Waals surface area (Å²) in [6, 6.07) is 9.91. The van der Waals surface area contributed by atoms with Crippen LogP contribution >= 0.6 is 39.0 Å². The van der Waals surface area contributed by atoms with Crippen LogP contribution in [0, 0.1) is 6.92 Å². The molecule has 0 atom stereocenters. The first kappa shape index (κ1) is 17.0. The Balaban J connectivity index is 1.72. The van der Waals surface area contributed by atoms with Crippen molar-refractivity contribution in [1.29, 1.82) is 0 Å². The molecule has 0 bridgehead atoms. The molecule has 1 aromatic carbocycles. The Hall–Kier alpha value is -0.820. The molecule has 1 aliphatic heterocycles. The highest BCUT2D eigenvalue weighted by molar-refractivity contribution is 9.11. The lowest BCUT2D eigenvalue weighted by atomic mass is 10.1. The number of carbonyl (C=O) groups excluding carboxylic acids is 1. The quantitative estimate of drug-likeness (QED) is 0.797. The Morgan fingerprint density at radius 2 is 2.04 bits per heavy atom. The fourth-order valence-electron chi connectivity index (χ4n) is 2.61. The van der Waals surface area contributed by atoms with Gasteiger partial charge >= 0.3 is 0 Å². The fourth-order valence-corrected chi connectivity index (χ4v) is 4.87. The summed E-state index contributed by atoms with van der Waals surface area (Å²) in [4.78, 5) is 15.6. The summed E-state index contributed by atoms with van der Waals surface area (Å²) in [5.41, 5.74) is 3.36. The summed E-state index contributed by atoms with van der Waals surface area (Å²) in [6.07, 6.45) is 0. The van der Waals surface area contributed by atoms with E-state index in [2.05, 4.69) is 39.1 Å². The molecule has 122 valence electrons. The van der Waals surface area contributed by atoms with E-state index in [1.807, 2.05) is 36.0 Å². The van der Waals surface area contributed by atoms with Crippen LogP contribution in [-0.4, -0.2) is 35.4 Å². The van der Waals surface area contributed by atoms with Gasteiger partial charge in [0.05, 0.1) is 8.66 Å². The van der Waals surface area contributed by atoms with Crippen LogP contribution in [0.3, 0.4) is 0 Å². The van der Waals surface area contributed by atoms with Gasteiger partial charge in [0.1, 0.15) is 0 Å². The first-order valence-electron chi connectivity index (χ1n) is 7.59. The standard InChI is InChI=1S/C17H19BrN2OS2/c1-12-13(11-20-7-9-22-10-8-20)3-2-4-14(12)19-17(21)15-5-6-16(18)23-15/h2-6H,7-11H2,1H3,(H,19,21). The van der Waals surface area contributed by atoms with Gasteiger partial charge in [0.2, 0.25) is 0 Å². The lowest BCUT2D eigenvalue weighted by molar-refractivity contribution is 0.103. The van der Waals surface area contributed by atoms with Gasteiger partial charge in [0.15, 0.2) is 0 Å². The van der Waals surface area contributed by atoms with Crippen LogP contribution in [0.5, 0.6) is 0 Å². The topological polar surface area (TPSA) is 32.3 Å². The van der Waals surface area contributed by atoms with Crippen molar-refractivity contribution in [1.82, 2.24) is 4.90 Å². The summed E-state index contributed by atoms with van der Waals surface area (Å²) in [7, 11) is 0. The third kappa shape index (κ3) is 4.38. The molecule has 1 saturated heterocycles. The van der Waals surface area contributed by atoms with Gasteiger partial charge in [-0.2, -0.15) is 11.8 Å². The molecule has 3 rings (SSSR count). The zero-order valence-electron chi connectivity index (χ0n) is 13.0. The number of nitrogens with zero attached hydrogens (tertiary/aromatic N) is 1. The maximum Gasteiger partial charge on any atom is 0.265 e. The van der Waals surface area contributed by atoms with E-state index >= 15 is 0 Å². The average molecular weight is 411 g/mol. The number of benzene rings is 1. The van der Waals surface area contributed by atoms with Gasteiger partial charge in [-0.25, -0.2) is 0 Å². The van der Waals surface area contributed by atoms with E-state index in [1.54, 1.807) is 0 Å². The normalized spacial score (nSPS) is 15.6. The Kier molecular flexibility index (Phi) is 5.80. The number of nitrogens with one attached hydrogen (secondary N) is 1.